The first-order chi connectivity index (χ1) is 9.45. The molecule has 0 saturated carbocycles. The topological polar surface area (TPSA) is 58.4 Å². The molecule has 1 atom stereocenters. The van der Waals surface area contributed by atoms with Crippen molar-refractivity contribution in [1.29, 1.82) is 0 Å². The number of aryl methyl sites for hydroxylation is 1. The predicted molar refractivity (Wildman–Crippen MR) is 78.4 cm³/mol. The van der Waals surface area contributed by atoms with Crippen molar-refractivity contribution < 1.29 is 8.42 Å². The SMILES string of the molecule is CC1CN(C)CCCN1S(=O)(=O)c1cnn(CCCl)c1. The van der Waals surface area contributed by atoms with E-state index in [4.69, 9.17) is 11.6 Å². The molecular weight excluding hydrogens is 300 g/mol. The third kappa shape index (κ3) is 3.33. The summed E-state index contributed by atoms with van der Waals surface area (Å²) in [6, 6.07) is -0.0381. The minimum atomic E-state index is -3.48. The third-order valence-corrected chi connectivity index (χ3v) is 5.65. The van der Waals surface area contributed by atoms with Crippen LogP contribution in [0.1, 0.15) is 13.3 Å². The first-order valence-corrected chi connectivity index (χ1v) is 8.71. The molecule has 0 N–H and O–H groups in total. The van der Waals surface area contributed by atoms with E-state index in [0.717, 1.165) is 19.5 Å². The maximum absolute atomic E-state index is 12.7. The molecule has 0 spiro atoms. The highest BCUT2D eigenvalue weighted by Gasteiger charge is 2.32. The Balaban J connectivity index is 2.23. The van der Waals surface area contributed by atoms with Crippen LogP contribution in [0, 0.1) is 0 Å². The van der Waals surface area contributed by atoms with Crippen LogP contribution in [-0.4, -0.2) is 66.0 Å². The van der Waals surface area contributed by atoms with Gasteiger partial charge in [-0.25, -0.2) is 8.42 Å². The Morgan fingerprint density at radius 3 is 2.90 bits per heavy atom. The molecule has 1 aliphatic rings. The number of nitrogens with zero attached hydrogens (tertiary/aromatic N) is 4. The summed E-state index contributed by atoms with van der Waals surface area (Å²) in [4.78, 5) is 2.41. The summed E-state index contributed by atoms with van der Waals surface area (Å²) in [7, 11) is -1.46. The fraction of sp³-hybridized carbons (Fsp3) is 0.750. The molecule has 114 valence electrons. The van der Waals surface area contributed by atoms with Crippen LogP contribution in [0.2, 0.25) is 0 Å². The Morgan fingerprint density at radius 1 is 1.45 bits per heavy atom. The van der Waals surface area contributed by atoms with Crippen molar-refractivity contribution in [3.63, 3.8) is 0 Å². The first-order valence-electron chi connectivity index (χ1n) is 6.74. The minimum absolute atomic E-state index is 0.0381. The summed E-state index contributed by atoms with van der Waals surface area (Å²) >= 11 is 5.64. The third-order valence-electron chi connectivity index (χ3n) is 3.52. The highest BCUT2D eigenvalue weighted by molar-refractivity contribution is 7.89. The zero-order valence-corrected chi connectivity index (χ0v) is 13.4. The molecule has 1 fully saturated rings. The molecule has 1 saturated heterocycles. The second-order valence-corrected chi connectivity index (χ2v) is 7.48. The molecule has 2 heterocycles. The number of rotatable bonds is 4. The molecule has 1 unspecified atom stereocenters. The zero-order chi connectivity index (χ0) is 14.8. The Bertz CT molecular complexity index is 545. The molecule has 20 heavy (non-hydrogen) atoms. The minimum Gasteiger partial charge on any atom is -0.305 e. The van der Waals surface area contributed by atoms with Gasteiger partial charge in [0.15, 0.2) is 0 Å². The Hall–Kier alpha value is -0.630. The normalized spacial score (nSPS) is 22.9. The van der Waals surface area contributed by atoms with Crippen LogP contribution in [0.15, 0.2) is 17.3 Å². The molecule has 8 heteroatoms. The second-order valence-electron chi connectivity index (χ2n) is 5.21. The van der Waals surface area contributed by atoms with Crippen LogP contribution in [0.4, 0.5) is 0 Å². The summed E-state index contributed by atoms with van der Waals surface area (Å²) in [5.41, 5.74) is 0. The number of sulfonamides is 1. The van der Waals surface area contributed by atoms with Crippen molar-refractivity contribution in [2.24, 2.45) is 0 Å². The van der Waals surface area contributed by atoms with Crippen LogP contribution in [-0.2, 0) is 16.6 Å². The van der Waals surface area contributed by atoms with Gasteiger partial charge >= 0.3 is 0 Å². The Labute approximate surface area is 125 Å². The highest BCUT2D eigenvalue weighted by Crippen LogP contribution is 2.20. The van der Waals surface area contributed by atoms with E-state index in [1.165, 1.54) is 6.20 Å². The van der Waals surface area contributed by atoms with Gasteiger partial charge in [0.1, 0.15) is 4.90 Å². The number of alkyl halides is 1. The van der Waals surface area contributed by atoms with Crippen molar-refractivity contribution in [2.75, 3.05) is 32.6 Å². The van der Waals surface area contributed by atoms with Gasteiger partial charge in [-0.05, 0) is 26.9 Å². The van der Waals surface area contributed by atoms with Gasteiger partial charge in [-0.2, -0.15) is 9.40 Å². The van der Waals surface area contributed by atoms with Gasteiger partial charge < -0.3 is 4.90 Å². The Morgan fingerprint density at radius 2 is 2.20 bits per heavy atom. The standard InChI is InChI=1S/C12H21ClN4O2S/c1-11-9-15(2)5-3-6-17(11)20(18,19)12-8-14-16(10-12)7-4-13/h8,10-11H,3-7,9H2,1-2H3. The molecule has 1 aromatic heterocycles. The van der Waals surface area contributed by atoms with E-state index in [9.17, 15) is 8.42 Å². The van der Waals surface area contributed by atoms with E-state index in [2.05, 4.69) is 10.00 Å². The van der Waals surface area contributed by atoms with E-state index in [-0.39, 0.29) is 10.9 Å². The summed E-state index contributed by atoms with van der Waals surface area (Å²) in [6.07, 6.45) is 3.80. The van der Waals surface area contributed by atoms with Crippen molar-refractivity contribution in [3.05, 3.63) is 12.4 Å². The van der Waals surface area contributed by atoms with Gasteiger partial charge in [0.25, 0.3) is 0 Å². The fourth-order valence-corrected chi connectivity index (χ4v) is 4.32. The van der Waals surface area contributed by atoms with Gasteiger partial charge in [-0.1, -0.05) is 0 Å². The van der Waals surface area contributed by atoms with Gasteiger partial charge in [-0.15, -0.1) is 11.6 Å². The van der Waals surface area contributed by atoms with Crippen LogP contribution in [0.5, 0.6) is 0 Å². The van der Waals surface area contributed by atoms with Crippen molar-refractivity contribution in [1.82, 2.24) is 19.0 Å². The maximum Gasteiger partial charge on any atom is 0.246 e. The second kappa shape index (κ2) is 6.43. The molecule has 0 aromatic carbocycles. The molecule has 1 aromatic rings. The quantitative estimate of drug-likeness (QED) is 0.771. The van der Waals surface area contributed by atoms with Crippen molar-refractivity contribution in [2.45, 2.75) is 30.8 Å². The molecule has 6 nitrogen and oxygen atoms in total. The molecule has 0 amide bonds. The van der Waals surface area contributed by atoms with E-state index < -0.39 is 10.0 Å². The fourth-order valence-electron chi connectivity index (χ4n) is 2.53. The lowest BCUT2D eigenvalue weighted by atomic mass is 10.3. The lowest BCUT2D eigenvalue weighted by Gasteiger charge is -2.26. The summed E-state index contributed by atoms with van der Waals surface area (Å²) in [5.74, 6) is 0.409. The van der Waals surface area contributed by atoms with E-state index in [1.54, 1.807) is 15.2 Å². The van der Waals surface area contributed by atoms with Crippen LogP contribution >= 0.6 is 11.6 Å². The average Bonchev–Trinajstić information content (AvgIpc) is 2.76. The van der Waals surface area contributed by atoms with E-state index in [1.807, 2.05) is 14.0 Å². The van der Waals surface area contributed by atoms with Crippen LogP contribution < -0.4 is 0 Å². The predicted octanol–water partition coefficient (Wildman–Crippen LogP) is 0.837. The van der Waals surface area contributed by atoms with E-state index >= 15 is 0 Å². The van der Waals surface area contributed by atoms with Gasteiger partial charge in [0.2, 0.25) is 10.0 Å². The number of aromatic nitrogens is 2. The van der Waals surface area contributed by atoms with Crippen LogP contribution in [0.3, 0.4) is 0 Å². The number of hydrogen-bond acceptors (Lipinski definition) is 4. The Kier molecular flexibility index (Phi) is 5.06. The zero-order valence-electron chi connectivity index (χ0n) is 11.9. The molecule has 0 aliphatic carbocycles. The number of likely N-dealkylation sites (N-methyl/N-ethyl adjacent to an activating group) is 1. The summed E-state index contributed by atoms with van der Waals surface area (Å²) in [5, 5.41) is 4.05. The summed E-state index contributed by atoms with van der Waals surface area (Å²) < 4.78 is 28.5. The van der Waals surface area contributed by atoms with E-state index in [0.29, 0.717) is 19.0 Å². The first kappa shape index (κ1) is 15.8. The number of hydrogen-bond donors (Lipinski definition) is 0. The molecule has 0 bridgehead atoms. The molecule has 1 aliphatic heterocycles. The average molecular weight is 321 g/mol. The molecule has 0 radical (unpaired) electrons. The van der Waals surface area contributed by atoms with Crippen molar-refractivity contribution in [3.8, 4) is 0 Å². The van der Waals surface area contributed by atoms with Crippen molar-refractivity contribution >= 4 is 21.6 Å². The monoisotopic (exact) mass is 320 g/mol. The molecule has 2 rings (SSSR count). The number of halogens is 1. The van der Waals surface area contributed by atoms with Gasteiger partial charge in [0.05, 0.1) is 12.7 Å². The lowest BCUT2D eigenvalue weighted by molar-refractivity contribution is 0.290. The highest BCUT2D eigenvalue weighted by atomic mass is 35.5. The molecular formula is C12H21ClN4O2S. The lowest BCUT2D eigenvalue weighted by Crippen LogP contribution is -2.41. The van der Waals surface area contributed by atoms with Crippen LogP contribution in [0.25, 0.3) is 0 Å². The smallest absolute Gasteiger partial charge is 0.246 e. The summed E-state index contributed by atoms with van der Waals surface area (Å²) in [6.45, 7) is 4.67. The largest absolute Gasteiger partial charge is 0.305 e. The van der Waals surface area contributed by atoms with Gasteiger partial charge in [0, 0.05) is 31.2 Å². The van der Waals surface area contributed by atoms with Gasteiger partial charge in [-0.3, -0.25) is 4.68 Å². The maximum atomic E-state index is 12.7.